The van der Waals surface area contributed by atoms with E-state index in [1.807, 2.05) is 0 Å². The van der Waals surface area contributed by atoms with E-state index >= 15 is 0 Å². The van der Waals surface area contributed by atoms with E-state index in [-0.39, 0.29) is 19.8 Å². The third kappa shape index (κ3) is 30.3. The Labute approximate surface area is 142 Å². The quantitative estimate of drug-likeness (QED) is 0.307. The van der Waals surface area contributed by atoms with Gasteiger partial charge in [-0.05, 0) is 25.7 Å². The maximum absolute atomic E-state index is 8.62. The molecule has 142 valence electrons. The zero-order chi connectivity index (χ0) is 17.4. The Bertz CT molecular complexity index is 161. The summed E-state index contributed by atoms with van der Waals surface area (Å²) in [5, 5.41) is 33.3. The first-order valence-electron chi connectivity index (χ1n) is 9.34. The molecule has 0 atom stereocenters. The Morgan fingerprint density at radius 1 is 0.348 bits per heavy atom. The highest BCUT2D eigenvalue weighted by Crippen LogP contribution is 2.10. The molecule has 0 aliphatic rings. The van der Waals surface area contributed by atoms with Gasteiger partial charge in [-0.25, -0.2) is 0 Å². The molecule has 0 aromatic carbocycles. The molecular formula is C18H40O5. The second-order valence-corrected chi connectivity index (χ2v) is 5.75. The second-order valence-electron chi connectivity index (χ2n) is 5.75. The number of hydrogen-bond donors (Lipinski definition) is 4. The van der Waals surface area contributed by atoms with E-state index in [0.717, 1.165) is 32.3 Å². The van der Waals surface area contributed by atoms with Crippen LogP contribution in [0.1, 0.15) is 77.0 Å². The average molecular weight is 337 g/mol. The Morgan fingerprint density at radius 3 is 1.09 bits per heavy atom. The third-order valence-corrected chi connectivity index (χ3v) is 3.50. The van der Waals surface area contributed by atoms with Crippen molar-refractivity contribution in [1.82, 2.24) is 0 Å². The highest BCUT2D eigenvalue weighted by atomic mass is 16.5. The van der Waals surface area contributed by atoms with Crippen molar-refractivity contribution >= 4 is 0 Å². The summed E-state index contributed by atoms with van der Waals surface area (Å²) in [4.78, 5) is 0. The number of hydrogen-bond acceptors (Lipinski definition) is 5. The maximum Gasteiger partial charge on any atom is 0.0697 e. The summed E-state index contributed by atoms with van der Waals surface area (Å²) in [6, 6.07) is 0. The molecule has 0 aromatic heterocycles. The van der Waals surface area contributed by atoms with Gasteiger partial charge >= 0.3 is 0 Å². The van der Waals surface area contributed by atoms with Gasteiger partial charge in [0.05, 0.1) is 13.2 Å². The number of unbranched alkanes of at least 4 members (excludes halogenated alkanes) is 10. The van der Waals surface area contributed by atoms with Crippen molar-refractivity contribution in [3.05, 3.63) is 0 Å². The molecule has 23 heavy (non-hydrogen) atoms. The molecule has 0 bridgehead atoms. The Kier molecular flexibility index (Phi) is 29.1. The van der Waals surface area contributed by atoms with Gasteiger partial charge in [0.15, 0.2) is 0 Å². The molecule has 0 saturated carbocycles. The van der Waals surface area contributed by atoms with Crippen LogP contribution >= 0.6 is 0 Å². The molecule has 0 aliphatic heterocycles. The minimum absolute atomic E-state index is 0.135. The van der Waals surface area contributed by atoms with Gasteiger partial charge in [0.25, 0.3) is 0 Å². The first-order valence-corrected chi connectivity index (χ1v) is 9.34. The van der Waals surface area contributed by atoms with Crippen LogP contribution in [0.3, 0.4) is 0 Å². The third-order valence-electron chi connectivity index (χ3n) is 3.50. The van der Waals surface area contributed by atoms with Crippen molar-refractivity contribution in [2.45, 2.75) is 77.0 Å². The highest BCUT2D eigenvalue weighted by molar-refractivity contribution is 4.47. The summed E-state index contributed by atoms with van der Waals surface area (Å²) in [5.41, 5.74) is 0. The Hall–Kier alpha value is -0.200. The fourth-order valence-electron chi connectivity index (χ4n) is 2.12. The summed E-state index contributed by atoms with van der Waals surface area (Å²) in [6.07, 6.45) is 13.9. The van der Waals surface area contributed by atoms with Crippen molar-refractivity contribution in [3.8, 4) is 0 Å². The number of rotatable bonds is 17. The largest absolute Gasteiger partial charge is 0.396 e. The second kappa shape index (κ2) is 26.7. The van der Waals surface area contributed by atoms with E-state index in [4.69, 9.17) is 25.2 Å². The number of aliphatic hydroxyl groups is 4. The van der Waals surface area contributed by atoms with Crippen LogP contribution in [0.4, 0.5) is 0 Å². The zero-order valence-electron chi connectivity index (χ0n) is 14.9. The van der Waals surface area contributed by atoms with Crippen LogP contribution in [0, 0.1) is 0 Å². The van der Waals surface area contributed by atoms with Gasteiger partial charge < -0.3 is 25.2 Å². The van der Waals surface area contributed by atoms with Crippen LogP contribution in [-0.2, 0) is 4.74 Å². The van der Waals surface area contributed by atoms with Gasteiger partial charge in [-0.1, -0.05) is 51.4 Å². The van der Waals surface area contributed by atoms with Gasteiger partial charge in [-0.3, -0.25) is 0 Å². The lowest BCUT2D eigenvalue weighted by atomic mass is 10.1. The predicted octanol–water partition coefficient (Wildman–Crippen LogP) is 2.64. The van der Waals surface area contributed by atoms with Gasteiger partial charge in [0.1, 0.15) is 0 Å². The molecule has 0 amide bonds. The Morgan fingerprint density at radius 2 is 0.696 bits per heavy atom. The highest BCUT2D eigenvalue weighted by Gasteiger charge is 1.93. The van der Waals surface area contributed by atoms with Crippen LogP contribution < -0.4 is 0 Å². The van der Waals surface area contributed by atoms with Gasteiger partial charge in [-0.15, -0.1) is 0 Å². The summed E-state index contributed by atoms with van der Waals surface area (Å²) in [6.45, 7) is 2.14. The van der Waals surface area contributed by atoms with Crippen LogP contribution in [-0.4, -0.2) is 60.1 Å². The van der Waals surface area contributed by atoms with Crippen molar-refractivity contribution in [2.75, 3.05) is 39.6 Å². The molecule has 0 heterocycles. The van der Waals surface area contributed by atoms with E-state index in [1.54, 1.807) is 0 Å². The van der Waals surface area contributed by atoms with E-state index in [2.05, 4.69) is 0 Å². The summed E-state index contributed by atoms with van der Waals surface area (Å²) in [5.74, 6) is 0. The van der Waals surface area contributed by atoms with E-state index < -0.39 is 0 Å². The monoisotopic (exact) mass is 336 g/mol. The molecule has 5 heteroatoms. The minimum Gasteiger partial charge on any atom is -0.396 e. The average Bonchev–Trinajstić information content (AvgIpc) is 2.58. The molecule has 0 spiro atoms. The topological polar surface area (TPSA) is 90.2 Å². The molecule has 0 rings (SSSR count). The summed E-state index contributed by atoms with van der Waals surface area (Å²) < 4.78 is 5.20. The van der Waals surface area contributed by atoms with E-state index in [1.165, 1.54) is 51.4 Å². The number of ether oxygens (including phenoxy) is 1. The zero-order valence-corrected chi connectivity index (χ0v) is 14.9. The first kappa shape index (κ1) is 25.0. The van der Waals surface area contributed by atoms with Gasteiger partial charge in [0.2, 0.25) is 0 Å². The maximum atomic E-state index is 8.62. The van der Waals surface area contributed by atoms with Crippen LogP contribution in [0.5, 0.6) is 0 Å². The first-order chi connectivity index (χ1) is 11.3. The lowest BCUT2D eigenvalue weighted by Crippen LogP contribution is -2.00. The van der Waals surface area contributed by atoms with Crippen molar-refractivity contribution in [3.63, 3.8) is 0 Å². The number of aliphatic hydroxyl groups excluding tert-OH is 4. The van der Waals surface area contributed by atoms with Crippen LogP contribution in [0.15, 0.2) is 0 Å². The normalized spacial score (nSPS) is 10.4. The minimum atomic E-state index is 0.135. The standard InChI is InChI=1S/C14H30O3.C4H10O2/c15-11-9-7-5-3-1-2-4-6-8-10-13-17-14-12-16;5-3-1-2-4-6/h15-16H,1-14H2;5-6H,1-4H2. The SMILES string of the molecule is OCCCCCCCCCCCCOCCO.OCCCCO. The molecule has 0 saturated heterocycles. The lowest BCUT2D eigenvalue weighted by Gasteiger charge is -2.03. The van der Waals surface area contributed by atoms with Crippen molar-refractivity contribution in [2.24, 2.45) is 0 Å². The van der Waals surface area contributed by atoms with Crippen molar-refractivity contribution in [1.29, 1.82) is 0 Å². The fraction of sp³-hybridized carbons (Fsp3) is 1.00. The lowest BCUT2D eigenvalue weighted by molar-refractivity contribution is 0.0895. The predicted molar refractivity (Wildman–Crippen MR) is 94.6 cm³/mol. The molecule has 0 fully saturated rings. The smallest absolute Gasteiger partial charge is 0.0697 e. The van der Waals surface area contributed by atoms with E-state index in [9.17, 15) is 0 Å². The molecule has 4 N–H and O–H groups in total. The van der Waals surface area contributed by atoms with Crippen molar-refractivity contribution < 1.29 is 25.2 Å². The fourth-order valence-corrected chi connectivity index (χ4v) is 2.12. The van der Waals surface area contributed by atoms with Crippen LogP contribution in [0.25, 0.3) is 0 Å². The van der Waals surface area contributed by atoms with Gasteiger partial charge in [-0.2, -0.15) is 0 Å². The summed E-state index contributed by atoms with van der Waals surface area (Å²) in [7, 11) is 0. The molecule has 0 unspecified atom stereocenters. The summed E-state index contributed by atoms with van der Waals surface area (Å²) >= 11 is 0. The van der Waals surface area contributed by atoms with Gasteiger partial charge in [0, 0.05) is 26.4 Å². The van der Waals surface area contributed by atoms with E-state index in [0.29, 0.717) is 13.2 Å². The molecule has 5 nitrogen and oxygen atoms in total. The molecule has 0 aromatic rings. The molecule has 0 radical (unpaired) electrons. The molecular weight excluding hydrogens is 296 g/mol. The molecule has 0 aliphatic carbocycles. The van der Waals surface area contributed by atoms with Crippen LogP contribution in [0.2, 0.25) is 0 Å². The Balaban J connectivity index is 0.